The molecule has 31 heavy (non-hydrogen) atoms. The summed E-state index contributed by atoms with van der Waals surface area (Å²) in [7, 11) is 0. The highest BCUT2D eigenvalue weighted by molar-refractivity contribution is 5.90. The van der Waals surface area contributed by atoms with Crippen molar-refractivity contribution < 1.29 is 24.2 Å². The number of rotatable bonds is 8. The Hall–Kier alpha value is -3.35. The normalized spacial score (nSPS) is 14.1. The average Bonchev–Trinajstić information content (AvgIpc) is 2.71. The molecule has 0 saturated heterocycles. The van der Waals surface area contributed by atoms with Crippen LogP contribution in [0.4, 0.5) is 4.79 Å². The van der Waals surface area contributed by atoms with Crippen molar-refractivity contribution in [3.05, 3.63) is 71.8 Å². The van der Waals surface area contributed by atoms with Crippen LogP contribution in [0.15, 0.2) is 60.7 Å². The second-order valence-electron chi connectivity index (χ2n) is 8.41. The average molecular weight is 427 g/mol. The van der Waals surface area contributed by atoms with Crippen molar-refractivity contribution in [2.45, 2.75) is 57.7 Å². The van der Waals surface area contributed by atoms with Gasteiger partial charge in [0.15, 0.2) is 0 Å². The van der Waals surface area contributed by atoms with E-state index in [0.29, 0.717) is 0 Å². The van der Waals surface area contributed by atoms with Gasteiger partial charge in [0, 0.05) is 12.3 Å². The van der Waals surface area contributed by atoms with Crippen LogP contribution in [0.5, 0.6) is 0 Å². The van der Waals surface area contributed by atoms with E-state index in [4.69, 9.17) is 4.74 Å². The second kappa shape index (κ2) is 10.6. The highest BCUT2D eigenvalue weighted by Crippen LogP contribution is 2.20. The van der Waals surface area contributed by atoms with Gasteiger partial charge in [-0.3, -0.25) is 4.79 Å². The molecule has 2 amide bonds. The summed E-state index contributed by atoms with van der Waals surface area (Å²) < 4.78 is 5.31. The Balaban J connectivity index is 2.22. The summed E-state index contributed by atoms with van der Waals surface area (Å²) >= 11 is 0. The lowest BCUT2D eigenvalue weighted by atomic mass is 9.92. The number of aliphatic carboxylic acids is 1. The third kappa shape index (κ3) is 7.77. The van der Waals surface area contributed by atoms with Crippen LogP contribution in [-0.4, -0.2) is 40.8 Å². The maximum Gasteiger partial charge on any atom is 0.408 e. The molecule has 7 heteroatoms. The summed E-state index contributed by atoms with van der Waals surface area (Å²) in [4.78, 5) is 37.3. The Morgan fingerprint density at radius 2 is 1.48 bits per heavy atom. The van der Waals surface area contributed by atoms with E-state index in [9.17, 15) is 19.5 Å². The first-order chi connectivity index (χ1) is 14.6. The van der Waals surface area contributed by atoms with Gasteiger partial charge < -0.3 is 20.5 Å². The third-order valence-corrected chi connectivity index (χ3v) is 4.68. The van der Waals surface area contributed by atoms with Crippen LogP contribution in [0.3, 0.4) is 0 Å². The van der Waals surface area contributed by atoms with Gasteiger partial charge in [0.25, 0.3) is 0 Å². The Morgan fingerprint density at radius 3 is 2.00 bits per heavy atom. The molecule has 0 saturated carbocycles. The van der Waals surface area contributed by atoms with E-state index in [1.165, 1.54) is 0 Å². The van der Waals surface area contributed by atoms with Crippen LogP contribution in [0, 0.1) is 0 Å². The van der Waals surface area contributed by atoms with Crippen molar-refractivity contribution in [3.63, 3.8) is 0 Å². The number of nitrogens with one attached hydrogen (secondary N) is 2. The quantitative estimate of drug-likeness (QED) is 0.599. The minimum atomic E-state index is -1.15. The fourth-order valence-electron chi connectivity index (χ4n) is 3.11. The van der Waals surface area contributed by atoms with Crippen LogP contribution >= 0.6 is 0 Å². The van der Waals surface area contributed by atoms with E-state index in [0.717, 1.165) is 11.1 Å². The molecule has 2 aromatic rings. The molecule has 0 heterocycles. The van der Waals surface area contributed by atoms with Crippen LogP contribution < -0.4 is 10.6 Å². The number of carbonyl (C=O) groups excluding carboxylic acids is 2. The Labute approximate surface area is 182 Å². The lowest BCUT2D eigenvalue weighted by Crippen LogP contribution is -2.54. The van der Waals surface area contributed by atoms with Crippen LogP contribution in [0.25, 0.3) is 0 Å². The Morgan fingerprint density at radius 1 is 0.935 bits per heavy atom. The van der Waals surface area contributed by atoms with Crippen molar-refractivity contribution in [1.29, 1.82) is 0 Å². The standard InChI is InChI=1S/C24H30N2O5/c1-16(18-13-9-6-10-14-18)20(26-23(30)31-24(2,3)4)21(27)25-19(22(28)29)15-17-11-7-5-8-12-17/h5-14,16,19-20H,15H2,1-4H3,(H,25,27)(H,26,30)(H,28,29)/t16-,19-,20-/m1/s1. The summed E-state index contributed by atoms with van der Waals surface area (Å²) in [5.74, 6) is -2.16. The fourth-order valence-corrected chi connectivity index (χ4v) is 3.11. The number of carboxylic acid groups (broad SMARTS) is 1. The second-order valence-corrected chi connectivity index (χ2v) is 8.41. The molecule has 7 nitrogen and oxygen atoms in total. The number of alkyl carbamates (subject to hydrolysis) is 1. The minimum absolute atomic E-state index is 0.126. The molecule has 0 radical (unpaired) electrons. The van der Waals surface area contributed by atoms with Crippen molar-refractivity contribution in [2.75, 3.05) is 0 Å². The lowest BCUT2D eigenvalue weighted by molar-refractivity contribution is -0.142. The van der Waals surface area contributed by atoms with E-state index in [2.05, 4.69) is 10.6 Å². The van der Waals surface area contributed by atoms with Gasteiger partial charge in [0.1, 0.15) is 17.7 Å². The number of hydrogen-bond donors (Lipinski definition) is 3. The zero-order chi connectivity index (χ0) is 23.0. The van der Waals surface area contributed by atoms with Gasteiger partial charge in [0.2, 0.25) is 5.91 Å². The maximum absolute atomic E-state index is 13.1. The molecule has 0 unspecified atom stereocenters. The highest BCUT2D eigenvalue weighted by atomic mass is 16.6. The summed E-state index contributed by atoms with van der Waals surface area (Å²) in [6.07, 6.45) is -0.619. The molecule has 0 bridgehead atoms. The van der Waals surface area contributed by atoms with E-state index in [1.54, 1.807) is 52.0 Å². The molecule has 0 fully saturated rings. The Kier molecular flexibility index (Phi) is 8.19. The molecule has 0 spiro atoms. The molecular formula is C24H30N2O5. The molecule has 166 valence electrons. The molecule has 0 aromatic heterocycles. The zero-order valence-corrected chi connectivity index (χ0v) is 18.3. The van der Waals surface area contributed by atoms with E-state index in [-0.39, 0.29) is 6.42 Å². The predicted molar refractivity (Wildman–Crippen MR) is 118 cm³/mol. The first kappa shape index (κ1) is 23.9. The molecule has 0 aliphatic carbocycles. The smallest absolute Gasteiger partial charge is 0.408 e. The first-order valence-electron chi connectivity index (χ1n) is 10.2. The molecule has 0 aliphatic heterocycles. The minimum Gasteiger partial charge on any atom is -0.480 e. The van der Waals surface area contributed by atoms with Gasteiger partial charge in [-0.25, -0.2) is 9.59 Å². The molecule has 2 rings (SSSR count). The number of carbonyl (C=O) groups is 3. The van der Waals surface area contributed by atoms with Gasteiger partial charge >= 0.3 is 12.1 Å². The lowest BCUT2D eigenvalue weighted by Gasteiger charge is -2.28. The van der Waals surface area contributed by atoms with E-state index >= 15 is 0 Å². The van der Waals surface area contributed by atoms with Gasteiger partial charge in [-0.2, -0.15) is 0 Å². The summed E-state index contributed by atoms with van der Waals surface area (Å²) in [6.45, 7) is 6.97. The van der Waals surface area contributed by atoms with Crippen LogP contribution in [0.1, 0.15) is 44.7 Å². The number of ether oxygens (including phenoxy) is 1. The van der Waals surface area contributed by atoms with Gasteiger partial charge in [-0.1, -0.05) is 67.6 Å². The topological polar surface area (TPSA) is 105 Å². The molecule has 3 atom stereocenters. The molecular weight excluding hydrogens is 396 g/mol. The Bertz CT molecular complexity index is 878. The maximum atomic E-state index is 13.1. The third-order valence-electron chi connectivity index (χ3n) is 4.68. The fraction of sp³-hybridized carbons (Fsp3) is 0.375. The summed E-state index contributed by atoms with van der Waals surface area (Å²) in [5.41, 5.74) is 0.870. The largest absolute Gasteiger partial charge is 0.480 e. The number of carboxylic acids is 1. The first-order valence-corrected chi connectivity index (χ1v) is 10.2. The highest BCUT2D eigenvalue weighted by Gasteiger charge is 2.32. The van der Waals surface area contributed by atoms with Crippen molar-refractivity contribution in [3.8, 4) is 0 Å². The van der Waals surface area contributed by atoms with Crippen molar-refractivity contribution >= 4 is 18.0 Å². The number of benzene rings is 2. The van der Waals surface area contributed by atoms with Crippen LogP contribution in [0.2, 0.25) is 0 Å². The van der Waals surface area contributed by atoms with Crippen molar-refractivity contribution in [2.24, 2.45) is 0 Å². The predicted octanol–water partition coefficient (Wildman–Crippen LogP) is 3.50. The molecule has 3 N–H and O–H groups in total. The molecule has 2 aromatic carbocycles. The number of amides is 2. The van der Waals surface area contributed by atoms with Crippen LogP contribution in [-0.2, 0) is 20.7 Å². The zero-order valence-electron chi connectivity index (χ0n) is 18.3. The van der Waals surface area contributed by atoms with E-state index < -0.39 is 41.6 Å². The van der Waals surface area contributed by atoms with Gasteiger partial charge in [-0.05, 0) is 31.9 Å². The number of hydrogen-bond acceptors (Lipinski definition) is 4. The molecule has 0 aliphatic rings. The SMILES string of the molecule is C[C@H](c1ccccc1)[C@@H](NC(=O)OC(C)(C)C)C(=O)N[C@H](Cc1ccccc1)C(=O)O. The summed E-state index contributed by atoms with van der Waals surface area (Å²) in [5, 5.41) is 14.8. The van der Waals surface area contributed by atoms with Gasteiger partial charge in [0.05, 0.1) is 0 Å². The van der Waals surface area contributed by atoms with Gasteiger partial charge in [-0.15, -0.1) is 0 Å². The summed E-state index contributed by atoms with van der Waals surface area (Å²) in [6, 6.07) is 16.1. The monoisotopic (exact) mass is 426 g/mol. The van der Waals surface area contributed by atoms with E-state index in [1.807, 2.05) is 36.4 Å². The van der Waals surface area contributed by atoms with Crippen molar-refractivity contribution in [1.82, 2.24) is 10.6 Å².